The van der Waals surface area contributed by atoms with Crippen LogP contribution in [-0.4, -0.2) is 75.8 Å². The molecule has 0 amide bonds. The van der Waals surface area contributed by atoms with E-state index in [4.69, 9.17) is 14.6 Å². The van der Waals surface area contributed by atoms with Crippen LogP contribution in [0.1, 0.15) is 38.5 Å². The zero-order valence-electron chi connectivity index (χ0n) is 18.6. The molecule has 0 aromatic carbocycles. The molecule has 2 N–H and O–H groups in total. The number of nitrogens with zero attached hydrogens (tertiary/aromatic N) is 1. The maximum absolute atomic E-state index is 8.89. The highest BCUT2D eigenvalue weighted by atomic mass is 16.5. The van der Waals surface area contributed by atoms with Crippen LogP contribution >= 0.6 is 0 Å². The summed E-state index contributed by atoms with van der Waals surface area (Å²) >= 11 is 0. The van der Waals surface area contributed by atoms with Crippen molar-refractivity contribution in [1.29, 1.82) is 0 Å². The molecule has 0 spiro atoms. The highest BCUT2D eigenvalue weighted by Crippen LogP contribution is 2.16. The van der Waals surface area contributed by atoms with Crippen molar-refractivity contribution in [3.63, 3.8) is 0 Å². The molecule has 2 aliphatic carbocycles. The summed E-state index contributed by atoms with van der Waals surface area (Å²) in [6, 6.07) is 0. The molecule has 0 aromatic heterocycles. The van der Waals surface area contributed by atoms with Crippen molar-refractivity contribution in [1.82, 2.24) is 10.2 Å². The minimum atomic E-state index is 0.248. The summed E-state index contributed by atoms with van der Waals surface area (Å²) < 4.78 is 11.7. The van der Waals surface area contributed by atoms with Crippen molar-refractivity contribution in [2.75, 3.05) is 65.8 Å². The lowest BCUT2D eigenvalue weighted by atomic mass is 10.1. The Kier molecular flexibility index (Phi) is 14.5. The predicted molar refractivity (Wildman–Crippen MR) is 125 cm³/mol. The van der Waals surface area contributed by atoms with Crippen LogP contribution in [0.15, 0.2) is 48.1 Å². The Bertz CT molecular complexity index is 531. The van der Waals surface area contributed by atoms with Crippen molar-refractivity contribution >= 4 is 0 Å². The van der Waals surface area contributed by atoms with Crippen LogP contribution in [0.25, 0.3) is 0 Å². The van der Waals surface area contributed by atoms with Gasteiger partial charge in [0.15, 0.2) is 0 Å². The van der Waals surface area contributed by atoms with Gasteiger partial charge >= 0.3 is 0 Å². The minimum absolute atomic E-state index is 0.248. The standard InChI is InChI=1S/C25H42N2O3/c28-19-7-14-26-15-16-27(17-22-29-20-5-12-24-8-1-2-9-24)18-23-30-21-6-13-25-10-3-4-11-25/h1-4,8-10,24,26,28H,5-7,11-23H2. The first kappa shape index (κ1) is 25.0. The number of ether oxygens (including phenoxy) is 2. The summed E-state index contributed by atoms with van der Waals surface area (Å²) in [6.07, 6.45) is 21.8. The Morgan fingerprint density at radius 1 is 0.900 bits per heavy atom. The quantitative estimate of drug-likeness (QED) is 0.297. The molecule has 0 saturated carbocycles. The average molecular weight is 419 g/mol. The van der Waals surface area contributed by atoms with Gasteiger partial charge in [0.25, 0.3) is 0 Å². The summed E-state index contributed by atoms with van der Waals surface area (Å²) in [6.45, 7) is 8.12. The van der Waals surface area contributed by atoms with Crippen molar-refractivity contribution in [2.45, 2.75) is 38.5 Å². The van der Waals surface area contributed by atoms with Crippen molar-refractivity contribution in [2.24, 2.45) is 5.92 Å². The Morgan fingerprint density at radius 2 is 1.67 bits per heavy atom. The molecule has 5 nitrogen and oxygen atoms in total. The second-order valence-corrected chi connectivity index (χ2v) is 8.03. The van der Waals surface area contributed by atoms with Gasteiger partial charge in [-0.05, 0) is 51.0 Å². The Labute approximate surface area is 183 Å². The molecule has 0 aromatic rings. The second kappa shape index (κ2) is 17.4. The summed E-state index contributed by atoms with van der Waals surface area (Å²) in [5.74, 6) is 0.605. The molecule has 0 bridgehead atoms. The molecule has 0 atom stereocenters. The fraction of sp³-hybridized carbons (Fsp3) is 0.680. The number of aliphatic hydroxyl groups excluding tert-OH is 1. The van der Waals surface area contributed by atoms with Crippen molar-refractivity contribution < 1.29 is 14.6 Å². The summed E-state index contributed by atoms with van der Waals surface area (Å²) in [5, 5.41) is 12.3. The molecule has 2 rings (SSSR count). The number of hydrogen-bond donors (Lipinski definition) is 2. The fourth-order valence-electron chi connectivity index (χ4n) is 3.66. The van der Waals surface area contributed by atoms with E-state index in [1.165, 1.54) is 12.0 Å². The van der Waals surface area contributed by atoms with Crippen molar-refractivity contribution in [3.8, 4) is 0 Å². The highest BCUT2D eigenvalue weighted by Gasteiger charge is 2.06. The monoisotopic (exact) mass is 418 g/mol. The van der Waals surface area contributed by atoms with Gasteiger partial charge in [-0.1, -0.05) is 48.1 Å². The van der Waals surface area contributed by atoms with Crippen LogP contribution < -0.4 is 5.32 Å². The number of hydrogen-bond acceptors (Lipinski definition) is 5. The summed E-state index contributed by atoms with van der Waals surface area (Å²) in [7, 11) is 0. The van der Waals surface area contributed by atoms with Gasteiger partial charge in [0, 0.05) is 46.0 Å². The smallest absolute Gasteiger partial charge is 0.0593 e. The molecule has 0 unspecified atom stereocenters. The SMILES string of the molecule is OCCCNCCN(CCOCCCC1=CC=CC1)CCOCCCC1C=CC=C1. The zero-order chi connectivity index (χ0) is 21.1. The topological polar surface area (TPSA) is 54.0 Å². The normalized spacial score (nSPS) is 15.7. The maximum Gasteiger partial charge on any atom is 0.0593 e. The number of aliphatic hydroxyl groups is 1. The van der Waals surface area contributed by atoms with Crippen LogP contribution in [0.2, 0.25) is 0 Å². The molecule has 0 heterocycles. The van der Waals surface area contributed by atoms with Gasteiger partial charge in [0.05, 0.1) is 13.2 Å². The molecule has 0 radical (unpaired) electrons. The molecular weight excluding hydrogens is 376 g/mol. The first-order chi connectivity index (χ1) is 14.9. The second-order valence-electron chi connectivity index (χ2n) is 8.03. The van der Waals surface area contributed by atoms with Gasteiger partial charge in [0.2, 0.25) is 0 Å². The third kappa shape index (κ3) is 12.5. The van der Waals surface area contributed by atoms with Crippen LogP contribution in [0.4, 0.5) is 0 Å². The van der Waals surface area contributed by atoms with E-state index >= 15 is 0 Å². The first-order valence-electron chi connectivity index (χ1n) is 11.8. The molecule has 0 saturated heterocycles. The van der Waals surface area contributed by atoms with E-state index in [2.05, 4.69) is 52.7 Å². The van der Waals surface area contributed by atoms with Gasteiger partial charge < -0.3 is 19.9 Å². The molecular formula is C25H42N2O3. The van der Waals surface area contributed by atoms with Crippen LogP contribution in [0, 0.1) is 5.92 Å². The minimum Gasteiger partial charge on any atom is -0.396 e. The van der Waals surface area contributed by atoms with Gasteiger partial charge in [-0.2, -0.15) is 0 Å². The molecule has 0 fully saturated rings. The lowest BCUT2D eigenvalue weighted by Gasteiger charge is -2.22. The van der Waals surface area contributed by atoms with Crippen molar-refractivity contribution in [3.05, 3.63) is 48.1 Å². The Morgan fingerprint density at radius 3 is 2.37 bits per heavy atom. The summed E-state index contributed by atoms with van der Waals surface area (Å²) in [4.78, 5) is 2.41. The number of rotatable bonds is 20. The molecule has 30 heavy (non-hydrogen) atoms. The average Bonchev–Trinajstić information content (AvgIpc) is 3.46. The Hall–Kier alpha value is -1.24. The molecule has 5 heteroatoms. The van der Waals surface area contributed by atoms with E-state index in [0.717, 1.165) is 91.3 Å². The van der Waals surface area contributed by atoms with E-state index in [0.29, 0.717) is 5.92 Å². The van der Waals surface area contributed by atoms with E-state index in [1.807, 2.05) is 0 Å². The third-order valence-electron chi connectivity index (χ3n) is 5.51. The van der Waals surface area contributed by atoms with Crippen LogP contribution in [0.3, 0.4) is 0 Å². The maximum atomic E-state index is 8.89. The molecule has 2 aliphatic rings. The number of nitrogens with one attached hydrogen (secondary N) is 1. The lowest BCUT2D eigenvalue weighted by molar-refractivity contribution is 0.0727. The van der Waals surface area contributed by atoms with Crippen LogP contribution in [-0.2, 0) is 9.47 Å². The fourth-order valence-corrected chi connectivity index (χ4v) is 3.66. The molecule has 0 aliphatic heterocycles. The number of allylic oxidation sites excluding steroid dienone is 8. The van der Waals surface area contributed by atoms with Gasteiger partial charge in [0.1, 0.15) is 0 Å². The van der Waals surface area contributed by atoms with E-state index in [-0.39, 0.29) is 6.61 Å². The van der Waals surface area contributed by atoms with Gasteiger partial charge in [-0.15, -0.1) is 0 Å². The van der Waals surface area contributed by atoms with E-state index in [9.17, 15) is 0 Å². The Balaban J connectivity index is 1.50. The highest BCUT2D eigenvalue weighted by molar-refractivity contribution is 5.22. The summed E-state index contributed by atoms with van der Waals surface area (Å²) in [5.41, 5.74) is 1.52. The van der Waals surface area contributed by atoms with E-state index < -0.39 is 0 Å². The van der Waals surface area contributed by atoms with Gasteiger partial charge in [-0.3, -0.25) is 4.90 Å². The lowest BCUT2D eigenvalue weighted by Crippen LogP contribution is -2.37. The zero-order valence-corrected chi connectivity index (χ0v) is 18.6. The first-order valence-corrected chi connectivity index (χ1v) is 11.8. The largest absolute Gasteiger partial charge is 0.396 e. The van der Waals surface area contributed by atoms with E-state index in [1.54, 1.807) is 0 Å². The predicted octanol–water partition coefficient (Wildman–Crippen LogP) is 3.48. The molecule has 170 valence electrons. The third-order valence-corrected chi connectivity index (χ3v) is 5.51. The van der Waals surface area contributed by atoms with Gasteiger partial charge in [-0.25, -0.2) is 0 Å². The van der Waals surface area contributed by atoms with Crippen LogP contribution in [0.5, 0.6) is 0 Å².